The van der Waals surface area contributed by atoms with Crippen molar-refractivity contribution in [2.24, 2.45) is 10.9 Å². The summed E-state index contributed by atoms with van der Waals surface area (Å²) in [5, 5.41) is 11.1. The zero-order valence-corrected chi connectivity index (χ0v) is 8.15. The highest BCUT2D eigenvalue weighted by Crippen LogP contribution is 1.97. The van der Waals surface area contributed by atoms with E-state index < -0.39 is 0 Å². The first-order valence-corrected chi connectivity index (χ1v) is 4.14. The van der Waals surface area contributed by atoms with Crippen molar-refractivity contribution in [3.8, 4) is 0 Å². The van der Waals surface area contributed by atoms with Gasteiger partial charge in [-0.05, 0) is 18.6 Å². The maximum atomic E-state index is 8.28. The molecule has 0 saturated carbocycles. The molecule has 0 aromatic carbocycles. The molecule has 0 amide bonds. The van der Waals surface area contributed by atoms with Crippen LogP contribution in [0, 0.1) is 6.92 Å². The summed E-state index contributed by atoms with van der Waals surface area (Å²) in [6.45, 7) is 5.92. The Morgan fingerprint density at radius 1 is 1.46 bits per heavy atom. The Balaban J connectivity index is 0.000000671. The fraction of sp³-hybridized carbons (Fsp3) is 0.333. The number of nitrogens with zero attached hydrogens (tertiary/aromatic N) is 2. The Bertz CT molecular complexity index is 267. The van der Waals surface area contributed by atoms with Crippen LogP contribution in [0.1, 0.15) is 25.1 Å². The molecule has 0 saturated heterocycles. The molecule has 1 aromatic rings. The summed E-state index contributed by atoms with van der Waals surface area (Å²) in [6, 6.07) is 3.55. The molecule has 0 aliphatic carbocycles. The standard InChI is InChI=1S/C7H9N3O.C2H6/c1-5-2-3-6(9-4-5)7(8)10-11;1-2/h2-4,11H,1H3,(H2,8,10);1-2H3. The minimum atomic E-state index is 0.0324. The predicted molar refractivity (Wildman–Crippen MR) is 52.8 cm³/mol. The van der Waals surface area contributed by atoms with Crippen LogP contribution in [-0.4, -0.2) is 16.0 Å². The minimum absolute atomic E-state index is 0.0324. The Kier molecular flexibility index (Phi) is 5.27. The summed E-state index contributed by atoms with van der Waals surface area (Å²) in [7, 11) is 0. The Morgan fingerprint density at radius 2 is 2.08 bits per heavy atom. The average molecular weight is 181 g/mol. The van der Waals surface area contributed by atoms with Crippen LogP contribution in [0.4, 0.5) is 0 Å². The van der Waals surface area contributed by atoms with Crippen molar-refractivity contribution in [2.45, 2.75) is 20.8 Å². The van der Waals surface area contributed by atoms with Gasteiger partial charge in [-0.3, -0.25) is 4.98 Å². The lowest BCUT2D eigenvalue weighted by Crippen LogP contribution is -2.14. The van der Waals surface area contributed by atoms with E-state index in [0.717, 1.165) is 5.56 Å². The third-order valence-corrected chi connectivity index (χ3v) is 1.28. The van der Waals surface area contributed by atoms with Gasteiger partial charge >= 0.3 is 0 Å². The fourth-order valence-electron chi connectivity index (χ4n) is 0.671. The van der Waals surface area contributed by atoms with Gasteiger partial charge in [0.1, 0.15) is 5.69 Å². The van der Waals surface area contributed by atoms with Gasteiger partial charge in [-0.1, -0.05) is 25.1 Å². The third-order valence-electron chi connectivity index (χ3n) is 1.28. The molecule has 0 radical (unpaired) electrons. The van der Waals surface area contributed by atoms with Gasteiger partial charge in [-0.2, -0.15) is 0 Å². The first-order chi connectivity index (χ1) is 6.24. The first kappa shape index (κ1) is 11.4. The second kappa shape index (κ2) is 5.99. The van der Waals surface area contributed by atoms with E-state index in [1.54, 1.807) is 12.3 Å². The molecule has 0 bridgehead atoms. The minimum Gasteiger partial charge on any atom is -0.409 e. The molecule has 0 aliphatic rings. The van der Waals surface area contributed by atoms with E-state index in [-0.39, 0.29) is 5.84 Å². The van der Waals surface area contributed by atoms with E-state index in [1.165, 1.54) is 0 Å². The lowest BCUT2D eigenvalue weighted by Gasteiger charge is -1.96. The number of aromatic nitrogens is 1. The summed E-state index contributed by atoms with van der Waals surface area (Å²) >= 11 is 0. The Morgan fingerprint density at radius 3 is 2.46 bits per heavy atom. The molecule has 0 atom stereocenters. The summed E-state index contributed by atoms with van der Waals surface area (Å²) in [4.78, 5) is 3.93. The van der Waals surface area contributed by atoms with Gasteiger partial charge in [0.25, 0.3) is 0 Å². The Labute approximate surface area is 78.1 Å². The largest absolute Gasteiger partial charge is 0.409 e. The molecule has 1 rings (SSSR count). The number of nitrogens with two attached hydrogens (primary N) is 1. The normalized spacial score (nSPS) is 10.2. The maximum Gasteiger partial charge on any atom is 0.188 e. The van der Waals surface area contributed by atoms with Crippen LogP contribution in [0.3, 0.4) is 0 Å². The van der Waals surface area contributed by atoms with Crippen molar-refractivity contribution in [1.29, 1.82) is 0 Å². The van der Waals surface area contributed by atoms with Crippen molar-refractivity contribution >= 4 is 5.84 Å². The van der Waals surface area contributed by atoms with Crippen LogP contribution in [0.5, 0.6) is 0 Å². The highest BCUT2D eigenvalue weighted by molar-refractivity contribution is 5.95. The maximum absolute atomic E-state index is 8.28. The topological polar surface area (TPSA) is 71.5 Å². The molecule has 0 aliphatic heterocycles. The summed E-state index contributed by atoms with van der Waals surface area (Å²) in [5.74, 6) is 0.0324. The molecular weight excluding hydrogens is 166 g/mol. The van der Waals surface area contributed by atoms with Gasteiger partial charge in [0.05, 0.1) is 0 Å². The van der Waals surface area contributed by atoms with Gasteiger partial charge in [-0.15, -0.1) is 0 Å². The lowest BCUT2D eigenvalue weighted by molar-refractivity contribution is 0.318. The van der Waals surface area contributed by atoms with Gasteiger partial charge in [-0.25, -0.2) is 0 Å². The zero-order valence-electron chi connectivity index (χ0n) is 8.15. The lowest BCUT2D eigenvalue weighted by atomic mass is 10.3. The highest BCUT2D eigenvalue weighted by Gasteiger charge is 1.97. The summed E-state index contributed by atoms with van der Waals surface area (Å²) < 4.78 is 0. The average Bonchev–Trinajstić information content (AvgIpc) is 2.21. The highest BCUT2D eigenvalue weighted by atomic mass is 16.4. The molecule has 72 valence electrons. The molecule has 3 N–H and O–H groups in total. The molecule has 1 aromatic heterocycles. The molecule has 0 spiro atoms. The van der Waals surface area contributed by atoms with Gasteiger partial charge in [0, 0.05) is 6.20 Å². The van der Waals surface area contributed by atoms with E-state index >= 15 is 0 Å². The smallest absolute Gasteiger partial charge is 0.188 e. The fourth-order valence-corrected chi connectivity index (χ4v) is 0.671. The summed E-state index contributed by atoms with van der Waals surface area (Å²) in [6.07, 6.45) is 1.66. The molecule has 1 heterocycles. The van der Waals surface area contributed by atoms with Crippen LogP contribution in [0.15, 0.2) is 23.5 Å². The van der Waals surface area contributed by atoms with E-state index in [1.807, 2.05) is 26.8 Å². The number of amidine groups is 1. The number of hydrogen-bond donors (Lipinski definition) is 2. The van der Waals surface area contributed by atoms with Crippen LogP contribution >= 0.6 is 0 Å². The molecule has 0 fully saturated rings. The monoisotopic (exact) mass is 181 g/mol. The number of pyridine rings is 1. The molecule has 4 nitrogen and oxygen atoms in total. The van der Waals surface area contributed by atoms with Crippen molar-refractivity contribution in [3.05, 3.63) is 29.6 Å². The van der Waals surface area contributed by atoms with Crippen molar-refractivity contribution in [1.82, 2.24) is 4.98 Å². The van der Waals surface area contributed by atoms with E-state index in [2.05, 4.69) is 10.1 Å². The van der Waals surface area contributed by atoms with Crippen LogP contribution in [0.2, 0.25) is 0 Å². The third kappa shape index (κ3) is 3.55. The van der Waals surface area contributed by atoms with Gasteiger partial charge < -0.3 is 10.9 Å². The number of oxime groups is 1. The van der Waals surface area contributed by atoms with Crippen molar-refractivity contribution in [3.63, 3.8) is 0 Å². The molecule has 4 heteroatoms. The van der Waals surface area contributed by atoms with E-state index in [9.17, 15) is 0 Å². The van der Waals surface area contributed by atoms with Crippen LogP contribution in [-0.2, 0) is 0 Å². The second-order valence-electron chi connectivity index (χ2n) is 2.21. The SMILES string of the molecule is CC.Cc1ccc(/C(N)=N/O)nc1. The van der Waals surface area contributed by atoms with Crippen LogP contribution in [0.25, 0.3) is 0 Å². The van der Waals surface area contributed by atoms with E-state index in [0.29, 0.717) is 5.69 Å². The summed E-state index contributed by atoms with van der Waals surface area (Å²) in [5.41, 5.74) is 6.81. The predicted octanol–water partition coefficient (Wildman–Crippen LogP) is 1.51. The van der Waals surface area contributed by atoms with Gasteiger partial charge in [0.15, 0.2) is 5.84 Å². The molecule has 13 heavy (non-hydrogen) atoms. The number of aryl methyl sites for hydroxylation is 1. The van der Waals surface area contributed by atoms with Gasteiger partial charge in [0.2, 0.25) is 0 Å². The number of hydrogen-bond acceptors (Lipinski definition) is 3. The van der Waals surface area contributed by atoms with Crippen molar-refractivity contribution < 1.29 is 5.21 Å². The zero-order chi connectivity index (χ0) is 10.3. The van der Waals surface area contributed by atoms with E-state index in [4.69, 9.17) is 10.9 Å². The second-order valence-corrected chi connectivity index (χ2v) is 2.21. The number of rotatable bonds is 1. The molecule has 0 unspecified atom stereocenters. The Hall–Kier alpha value is -1.58. The first-order valence-electron chi connectivity index (χ1n) is 4.14. The molecular formula is C9H15N3O. The quantitative estimate of drug-likeness (QED) is 0.298. The van der Waals surface area contributed by atoms with Crippen molar-refractivity contribution in [2.75, 3.05) is 0 Å². The van der Waals surface area contributed by atoms with Crippen LogP contribution < -0.4 is 5.73 Å².